The van der Waals surface area contributed by atoms with Crippen molar-refractivity contribution >= 4 is 16.8 Å². The van der Waals surface area contributed by atoms with Crippen LogP contribution in [-0.2, 0) is 11.3 Å². The number of ketones is 1. The number of carbonyl (C=O) groups is 1. The van der Waals surface area contributed by atoms with E-state index in [0.29, 0.717) is 29.6 Å². The predicted octanol–water partition coefficient (Wildman–Crippen LogP) is 5.72. The molecule has 1 aromatic heterocycles. The van der Waals surface area contributed by atoms with Gasteiger partial charge in [-0.3, -0.25) is 4.79 Å². The number of aromatic nitrogens is 3. The molecule has 8 atom stereocenters. The maximum atomic E-state index is 13.7. The topological polar surface area (TPSA) is 68.0 Å². The fourth-order valence-corrected chi connectivity index (χ4v) is 9.46. The molecule has 1 N–H and O–H groups in total. The number of aliphatic hydroxyl groups is 1. The van der Waals surface area contributed by atoms with Gasteiger partial charge in [0.2, 0.25) is 0 Å². The molecule has 0 aliphatic heterocycles. The Kier molecular flexibility index (Phi) is 5.09. The third-order valence-electron chi connectivity index (χ3n) is 11.4. The van der Waals surface area contributed by atoms with Crippen LogP contribution in [0.4, 0.5) is 0 Å². The molecule has 2 aromatic rings. The smallest absolute Gasteiger partial charge is 0.157 e. The van der Waals surface area contributed by atoms with Crippen molar-refractivity contribution in [2.45, 2.75) is 97.6 Å². The molecule has 0 unspecified atom stereocenters. The SMILES string of the molecule is Cc1cccc2c1nnn2CC(=O)[C@H]1CC[C@H]2[C@@H]3CC[C@H]4C[C@](C)(O)CC[C@]4(C)[C@H]3CC[C@]12C. The summed E-state index contributed by atoms with van der Waals surface area (Å²) in [4.78, 5) is 13.7. The van der Waals surface area contributed by atoms with Gasteiger partial charge in [0.25, 0.3) is 0 Å². The van der Waals surface area contributed by atoms with Crippen LogP contribution >= 0.6 is 0 Å². The lowest BCUT2D eigenvalue weighted by Gasteiger charge is -2.61. The molecular formula is C29H41N3O2. The van der Waals surface area contributed by atoms with Crippen LogP contribution in [0.25, 0.3) is 11.0 Å². The fourth-order valence-electron chi connectivity index (χ4n) is 9.46. The number of Topliss-reactive ketones (excluding diaryl/α,β-unsaturated/α-hetero) is 1. The van der Waals surface area contributed by atoms with E-state index >= 15 is 0 Å². The number of benzene rings is 1. The molecule has 4 aliphatic rings. The molecule has 184 valence electrons. The minimum atomic E-state index is -0.477. The molecule has 0 radical (unpaired) electrons. The average Bonchev–Trinajstić information content (AvgIpc) is 3.36. The van der Waals surface area contributed by atoms with Gasteiger partial charge in [-0.2, -0.15) is 0 Å². The highest BCUT2D eigenvalue weighted by molar-refractivity contribution is 5.84. The average molecular weight is 464 g/mol. The molecule has 5 nitrogen and oxygen atoms in total. The predicted molar refractivity (Wildman–Crippen MR) is 133 cm³/mol. The summed E-state index contributed by atoms with van der Waals surface area (Å²) in [5, 5.41) is 19.4. The van der Waals surface area contributed by atoms with Gasteiger partial charge in [-0.15, -0.1) is 5.10 Å². The zero-order valence-electron chi connectivity index (χ0n) is 21.4. The number of hydrogen-bond donors (Lipinski definition) is 1. The van der Waals surface area contributed by atoms with Crippen LogP contribution in [0.3, 0.4) is 0 Å². The summed E-state index contributed by atoms with van der Waals surface area (Å²) in [5.41, 5.74) is 2.99. The van der Waals surface area contributed by atoms with Crippen molar-refractivity contribution < 1.29 is 9.90 Å². The zero-order valence-corrected chi connectivity index (χ0v) is 21.4. The van der Waals surface area contributed by atoms with E-state index in [4.69, 9.17) is 0 Å². The van der Waals surface area contributed by atoms with Gasteiger partial charge in [-0.05, 0) is 118 Å². The van der Waals surface area contributed by atoms with E-state index in [2.05, 4.69) is 24.2 Å². The van der Waals surface area contributed by atoms with E-state index in [0.717, 1.165) is 54.1 Å². The monoisotopic (exact) mass is 463 g/mol. The highest BCUT2D eigenvalue weighted by Crippen LogP contribution is 2.68. The minimum absolute atomic E-state index is 0.119. The second-order valence-electron chi connectivity index (χ2n) is 13.2. The molecule has 1 aromatic carbocycles. The van der Waals surface area contributed by atoms with Gasteiger partial charge in [0, 0.05) is 5.92 Å². The van der Waals surface area contributed by atoms with Crippen molar-refractivity contribution in [2.24, 2.45) is 40.4 Å². The summed E-state index contributed by atoms with van der Waals surface area (Å²) < 4.78 is 1.83. The van der Waals surface area contributed by atoms with Crippen molar-refractivity contribution in [3.8, 4) is 0 Å². The second kappa shape index (κ2) is 7.62. The largest absolute Gasteiger partial charge is 0.390 e. The van der Waals surface area contributed by atoms with Crippen molar-refractivity contribution in [3.05, 3.63) is 23.8 Å². The van der Waals surface area contributed by atoms with Gasteiger partial charge in [-0.25, -0.2) is 4.68 Å². The van der Waals surface area contributed by atoms with Crippen LogP contribution < -0.4 is 0 Å². The van der Waals surface area contributed by atoms with Crippen molar-refractivity contribution in [3.63, 3.8) is 0 Å². The van der Waals surface area contributed by atoms with Crippen molar-refractivity contribution in [1.82, 2.24) is 15.0 Å². The first kappa shape index (κ1) is 22.7. The normalized spacial score (nSPS) is 43.9. The maximum absolute atomic E-state index is 13.7. The summed E-state index contributed by atoms with van der Waals surface area (Å²) >= 11 is 0. The number of rotatable bonds is 3. The molecule has 0 saturated heterocycles. The Morgan fingerprint density at radius 1 is 1.03 bits per heavy atom. The van der Waals surface area contributed by atoms with Crippen LogP contribution in [0.1, 0.15) is 84.1 Å². The van der Waals surface area contributed by atoms with Gasteiger partial charge in [0.1, 0.15) is 12.1 Å². The van der Waals surface area contributed by atoms with Gasteiger partial charge < -0.3 is 5.11 Å². The number of carbonyl (C=O) groups excluding carboxylic acids is 1. The van der Waals surface area contributed by atoms with Gasteiger partial charge in [-0.1, -0.05) is 31.2 Å². The molecule has 0 bridgehead atoms. The Morgan fingerprint density at radius 3 is 2.65 bits per heavy atom. The van der Waals surface area contributed by atoms with Crippen LogP contribution in [-0.4, -0.2) is 31.5 Å². The van der Waals surface area contributed by atoms with Gasteiger partial charge >= 0.3 is 0 Å². The van der Waals surface area contributed by atoms with Crippen LogP contribution in [0.5, 0.6) is 0 Å². The summed E-state index contributed by atoms with van der Waals surface area (Å²) in [6.07, 6.45) is 10.3. The van der Waals surface area contributed by atoms with Gasteiger partial charge in [0.05, 0.1) is 11.1 Å². The Hall–Kier alpha value is -1.75. The van der Waals surface area contributed by atoms with Crippen molar-refractivity contribution in [1.29, 1.82) is 0 Å². The van der Waals surface area contributed by atoms with Crippen molar-refractivity contribution in [2.75, 3.05) is 0 Å². The van der Waals surface area contributed by atoms with Crippen LogP contribution in [0, 0.1) is 47.3 Å². The molecule has 0 amide bonds. The highest BCUT2D eigenvalue weighted by atomic mass is 16.3. The number of aryl methyl sites for hydroxylation is 1. The van der Waals surface area contributed by atoms with E-state index in [1.165, 1.54) is 32.1 Å². The molecular weight excluding hydrogens is 422 g/mol. The first-order valence-electron chi connectivity index (χ1n) is 13.7. The lowest BCUT2D eigenvalue weighted by molar-refractivity contribution is -0.151. The maximum Gasteiger partial charge on any atom is 0.157 e. The van der Waals surface area contributed by atoms with Crippen LogP contribution in [0.2, 0.25) is 0 Å². The number of hydrogen-bond acceptors (Lipinski definition) is 4. The Morgan fingerprint density at radius 2 is 1.82 bits per heavy atom. The lowest BCUT2D eigenvalue weighted by atomic mass is 9.44. The molecule has 4 aliphatic carbocycles. The number of fused-ring (bicyclic) bond motifs is 6. The summed E-state index contributed by atoms with van der Waals surface area (Å²) in [6.45, 7) is 9.42. The third-order valence-corrected chi connectivity index (χ3v) is 11.4. The molecule has 0 spiro atoms. The standard InChI is InChI=1S/C29H41N3O2/c1-18-6-5-7-24-26(18)30-31-32(24)17-25(33)23-11-10-21-20-9-8-19-16-27(2,34)14-15-28(19,3)22(20)12-13-29(21,23)4/h5-7,19-23,34H,8-17H2,1-4H3/t19-,20-,21-,22-,23+,27+,28-,29-/m0/s1. The molecule has 1 heterocycles. The van der Waals surface area contributed by atoms with Gasteiger partial charge in [0.15, 0.2) is 5.78 Å². The number of nitrogens with zero attached hydrogens (tertiary/aromatic N) is 3. The Bertz CT molecular complexity index is 1120. The fraction of sp³-hybridized carbons (Fsp3) is 0.759. The Labute approximate surface area is 203 Å². The molecule has 34 heavy (non-hydrogen) atoms. The third kappa shape index (κ3) is 3.25. The summed E-state index contributed by atoms with van der Waals surface area (Å²) in [7, 11) is 0. The second-order valence-corrected chi connectivity index (χ2v) is 13.2. The molecule has 4 saturated carbocycles. The molecule has 6 rings (SSSR count). The van der Waals surface area contributed by atoms with E-state index in [9.17, 15) is 9.90 Å². The minimum Gasteiger partial charge on any atom is -0.390 e. The highest BCUT2D eigenvalue weighted by Gasteiger charge is 2.61. The summed E-state index contributed by atoms with van der Waals surface area (Å²) in [6, 6.07) is 6.10. The summed E-state index contributed by atoms with van der Waals surface area (Å²) in [5.74, 6) is 3.32. The Balaban J connectivity index is 1.22. The van der Waals surface area contributed by atoms with E-state index < -0.39 is 5.60 Å². The van der Waals surface area contributed by atoms with E-state index in [1.807, 2.05) is 36.7 Å². The molecule has 5 heteroatoms. The molecule has 4 fully saturated rings. The van der Waals surface area contributed by atoms with Crippen LogP contribution in [0.15, 0.2) is 18.2 Å². The van der Waals surface area contributed by atoms with E-state index in [-0.39, 0.29) is 11.3 Å². The van der Waals surface area contributed by atoms with E-state index in [1.54, 1.807) is 0 Å². The lowest BCUT2D eigenvalue weighted by Crippen LogP contribution is -2.55. The first-order valence-corrected chi connectivity index (χ1v) is 13.7. The zero-order chi connectivity index (χ0) is 23.9. The quantitative estimate of drug-likeness (QED) is 0.632. The first-order chi connectivity index (χ1) is 16.1.